The first-order valence-electron chi connectivity index (χ1n) is 8.61. The van der Waals surface area contributed by atoms with Crippen molar-refractivity contribution >= 4 is 11.8 Å². The summed E-state index contributed by atoms with van der Waals surface area (Å²) >= 11 is 0. The smallest absolute Gasteiger partial charge is 0.358 e. The molecule has 136 valence electrons. The lowest BCUT2D eigenvalue weighted by atomic mass is 9.95. The Morgan fingerprint density at radius 3 is 2.69 bits per heavy atom. The number of esters is 1. The molecule has 0 bridgehead atoms. The summed E-state index contributed by atoms with van der Waals surface area (Å²) in [5.74, 6) is 0.209. The number of carbonyl (C=O) groups excluding carboxylic acids is 1. The van der Waals surface area contributed by atoms with Gasteiger partial charge in [-0.05, 0) is 17.4 Å². The van der Waals surface area contributed by atoms with Gasteiger partial charge in [-0.3, -0.25) is 0 Å². The van der Waals surface area contributed by atoms with Crippen molar-refractivity contribution in [2.75, 3.05) is 31.7 Å². The van der Waals surface area contributed by atoms with E-state index in [9.17, 15) is 15.0 Å². The summed E-state index contributed by atoms with van der Waals surface area (Å²) in [6.45, 7) is 1.05. The molecule has 2 fully saturated rings. The van der Waals surface area contributed by atoms with Gasteiger partial charge in [0.25, 0.3) is 0 Å². The Labute approximate surface area is 151 Å². The van der Waals surface area contributed by atoms with Crippen LogP contribution in [-0.2, 0) is 4.74 Å². The van der Waals surface area contributed by atoms with Crippen molar-refractivity contribution in [2.24, 2.45) is 11.3 Å². The number of ether oxygens (including phenoxy) is 1. The fourth-order valence-electron chi connectivity index (χ4n) is 4.44. The van der Waals surface area contributed by atoms with Gasteiger partial charge in [0.15, 0.2) is 5.69 Å². The molecule has 4 rings (SSSR count). The Balaban J connectivity index is 1.57. The number of hydrogen-bond acceptors (Lipinski definition) is 7. The van der Waals surface area contributed by atoms with Gasteiger partial charge in [0.05, 0.1) is 25.6 Å². The molecule has 1 saturated heterocycles. The van der Waals surface area contributed by atoms with E-state index >= 15 is 0 Å². The molecule has 1 aromatic heterocycles. The van der Waals surface area contributed by atoms with Crippen molar-refractivity contribution in [3.05, 3.63) is 54.0 Å². The maximum absolute atomic E-state index is 11.5. The molecule has 4 atom stereocenters. The molecule has 1 aliphatic carbocycles. The van der Waals surface area contributed by atoms with E-state index in [-0.39, 0.29) is 29.6 Å². The zero-order valence-corrected chi connectivity index (χ0v) is 14.4. The zero-order chi connectivity index (χ0) is 18.3. The Morgan fingerprint density at radius 2 is 2.08 bits per heavy atom. The number of β-amino-alcohol motifs (C(OH)–C–C–N with tert-alkyl or cyclic N) is 1. The first-order chi connectivity index (χ1) is 12.6. The second kappa shape index (κ2) is 6.34. The molecular formula is C19H21N3O4. The highest BCUT2D eigenvalue weighted by Gasteiger charge is 2.71. The molecule has 1 saturated carbocycles. The normalized spacial score (nSPS) is 29.8. The molecule has 0 amide bonds. The van der Waals surface area contributed by atoms with E-state index in [0.29, 0.717) is 18.9 Å². The number of aliphatic hydroxyl groups is 2. The van der Waals surface area contributed by atoms with Crippen LogP contribution < -0.4 is 4.90 Å². The van der Waals surface area contributed by atoms with E-state index in [4.69, 9.17) is 0 Å². The molecule has 0 radical (unpaired) electrons. The Morgan fingerprint density at radius 1 is 1.31 bits per heavy atom. The number of aliphatic hydroxyl groups excluding tert-OH is 2. The third-order valence-electron chi connectivity index (χ3n) is 5.75. The minimum absolute atomic E-state index is 0.0206. The molecule has 2 aliphatic rings. The van der Waals surface area contributed by atoms with Crippen LogP contribution in [0.4, 0.5) is 5.82 Å². The third-order valence-corrected chi connectivity index (χ3v) is 5.75. The Kier molecular flexibility index (Phi) is 4.13. The number of hydrogen-bond donors (Lipinski definition) is 2. The highest BCUT2D eigenvalue weighted by atomic mass is 16.5. The van der Waals surface area contributed by atoms with Crippen molar-refractivity contribution in [3.8, 4) is 0 Å². The summed E-state index contributed by atoms with van der Waals surface area (Å²) < 4.78 is 4.63. The molecule has 26 heavy (non-hydrogen) atoms. The van der Waals surface area contributed by atoms with Crippen LogP contribution >= 0.6 is 0 Å². The SMILES string of the molecule is COC(=O)c1cnc(N2C[C@@H](O)[C@@]3(C2)[C@H](CO)[C@H]3c2ccccc2)cn1. The lowest BCUT2D eigenvalue weighted by molar-refractivity contribution is 0.0593. The van der Waals surface area contributed by atoms with E-state index in [1.54, 1.807) is 0 Å². The van der Waals surface area contributed by atoms with Gasteiger partial charge in [-0.2, -0.15) is 0 Å². The molecule has 2 N–H and O–H groups in total. The largest absolute Gasteiger partial charge is 0.464 e. The lowest BCUT2D eigenvalue weighted by Gasteiger charge is -2.17. The highest BCUT2D eigenvalue weighted by molar-refractivity contribution is 5.86. The molecule has 1 aliphatic heterocycles. The first kappa shape index (κ1) is 16.9. The number of rotatable bonds is 4. The molecule has 2 aromatic rings. The number of anilines is 1. The minimum Gasteiger partial charge on any atom is -0.464 e. The van der Waals surface area contributed by atoms with Crippen LogP contribution in [0.15, 0.2) is 42.7 Å². The number of methoxy groups -OCH3 is 1. The van der Waals surface area contributed by atoms with E-state index in [2.05, 4.69) is 14.7 Å². The van der Waals surface area contributed by atoms with Gasteiger partial charge in [0.2, 0.25) is 0 Å². The van der Waals surface area contributed by atoms with Gasteiger partial charge in [-0.25, -0.2) is 14.8 Å². The lowest BCUT2D eigenvalue weighted by Crippen LogP contribution is -2.23. The molecule has 0 unspecified atom stereocenters. The predicted octanol–water partition coefficient (Wildman–Crippen LogP) is 0.836. The van der Waals surface area contributed by atoms with Crippen LogP contribution in [0, 0.1) is 11.3 Å². The Bertz CT molecular complexity index is 798. The topological polar surface area (TPSA) is 95.8 Å². The second-order valence-corrected chi connectivity index (χ2v) is 6.94. The summed E-state index contributed by atoms with van der Waals surface area (Å²) in [6, 6.07) is 10.0. The summed E-state index contributed by atoms with van der Waals surface area (Å²) in [4.78, 5) is 21.8. The maximum atomic E-state index is 11.5. The van der Waals surface area contributed by atoms with Crippen LogP contribution in [0.3, 0.4) is 0 Å². The molecular weight excluding hydrogens is 334 g/mol. The van der Waals surface area contributed by atoms with Gasteiger partial charge in [0, 0.05) is 25.1 Å². The van der Waals surface area contributed by atoms with E-state index in [1.807, 2.05) is 35.2 Å². The highest BCUT2D eigenvalue weighted by Crippen LogP contribution is 2.68. The van der Waals surface area contributed by atoms with Crippen molar-refractivity contribution in [1.29, 1.82) is 0 Å². The monoisotopic (exact) mass is 355 g/mol. The van der Waals surface area contributed by atoms with E-state index in [0.717, 1.165) is 5.56 Å². The quantitative estimate of drug-likeness (QED) is 0.785. The maximum Gasteiger partial charge on any atom is 0.358 e. The van der Waals surface area contributed by atoms with Crippen LogP contribution in [0.25, 0.3) is 0 Å². The average Bonchev–Trinajstić information content (AvgIpc) is 3.23. The minimum atomic E-state index is -0.563. The van der Waals surface area contributed by atoms with Gasteiger partial charge < -0.3 is 19.8 Å². The summed E-state index contributed by atoms with van der Waals surface area (Å²) in [7, 11) is 1.30. The van der Waals surface area contributed by atoms with Gasteiger partial charge >= 0.3 is 5.97 Å². The average molecular weight is 355 g/mol. The van der Waals surface area contributed by atoms with Crippen molar-refractivity contribution in [2.45, 2.75) is 12.0 Å². The molecule has 7 nitrogen and oxygen atoms in total. The number of aromatic nitrogens is 2. The third kappa shape index (κ3) is 2.47. The second-order valence-electron chi connectivity index (χ2n) is 6.94. The van der Waals surface area contributed by atoms with Gasteiger partial charge in [-0.1, -0.05) is 30.3 Å². The van der Waals surface area contributed by atoms with E-state index < -0.39 is 12.1 Å². The predicted molar refractivity (Wildman–Crippen MR) is 93.8 cm³/mol. The van der Waals surface area contributed by atoms with Crippen molar-refractivity contribution in [3.63, 3.8) is 0 Å². The van der Waals surface area contributed by atoms with Crippen LogP contribution in [0.5, 0.6) is 0 Å². The number of nitrogens with zero attached hydrogens (tertiary/aromatic N) is 3. The van der Waals surface area contributed by atoms with Crippen molar-refractivity contribution in [1.82, 2.24) is 9.97 Å². The van der Waals surface area contributed by atoms with E-state index in [1.165, 1.54) is 19.5 Å². The first-order valence-corrected chi connectivity index (χ1v) is 8.61. The van der Waals surface area contributed by atoms with Crippen LogP contribution in [-0.4, -0.2) is 59.1 Å². The summed E-state index contributed by atoms with van der Waals surface area (Å²) in [5.41, 5.74) is 0.908. The summed E-state index contributed by atoms with van der Waals surface area (Å²) in [6.07, 6.45) is 2.34. The molecule has 7 heteroatoms. The summed E-state index contributed by atoms with van der Waals surface area (Å²) in [5, 5.41) is 20.6. The fourth-order valence-corrected chi connectivity index (χ4v) is 4.44. The standard InChI is InChI=1S/C19H21N3O4/c1-26-18(25)14-7-21-16(8-20-14)22-9-15(24)19(11-22)13(10-23)17(19)12-5-3-2-4-6-12/h2-8,13,15,17,23-24H,9-11H2,1H3/t13-,15-,17-,19-/m1/s1. The van der Waals surface area contributed by atoms with Crippen LogP contribution in [0.1, 0.15) is 22.0 Å². The Hall–Kier alpha value is -2.51. The molecule has 1 spiro atoms. The van der Waals surface area contributed by atoms with Gasteiger partial charge in [0.1, 0.15) is 5.82 Å². The van der Waals surface area contributed by atoms with Crippen LogP contribution in [0.2, 0.25) is 0 Å². The number of carbonyl (C=O) groups is 1. The fraction of sp³-hybridized carbons (Fsp3) is 0.421. The number of benzene rings is 1. The zero-order valence-electron chi connectivity index (χ0n) is 14.4. The molecule has 1 aromatic carbocycles. The van der Waals surface area contributed by atoms with Gasteiger partial charge in [-0.15, -0.1) is 0 Å². The van der Waals surface area contributed by atoms with Crippen molar-refractivity contribution < 1.29 is 19.7 Å². The molecule has 2 heterocycles.